The molecule has 2 saturated heterocycles. The second-order valence-electron chi connectivity index (χ2n) is 6.63. The largest absolute Gasteiger partial charge is 0.292 e. The minimum atomic E-state index is 0.590. The van der Waals surface area contributed by atoms with E-state index in [1.165, 1.54) is 43.2 Å². The van der Waals surface area contributed by atoms with Gasteiger partial charge in [0.25, 0.3) is 0 Å². The van der Waals surface area contributed by atoms with E-state index in [0.29, 0.717) is 5.92 Å². The molecule has 1 aromatic rings. The van der Waals surface area contributed by atoms with Crippen LogP contribution in [0.15, 0.2) is 42.5 Å². The van der Waals surface area contributed by atoms with Crippen LogP contribution in [-0.2, 0) is 0 Å². The zero-order valence-corrected chi connectivity index (χ0v) is 11.6. The zero-order chi connectivity index (χ0) is 12.8. The SMILES string of the molecule is C=C1CN2[C@H](C[C@@H]3CCCC[C@@H]32)[C@H]1c1ccccc1. The molecule has 3 aliphatic rings. The van der Waals surface area contributed by atoms with Crippen molar-refractivity contribution in [1.82, 2.24) is 4.90 Å². The Morgan fingerprint density at radius 1 is 1.00 bits per heavy atom. The Kier molecular flexibility index (Phi) is 2.77. The minimum absolute atomic E-state index is 0.590. The summed E-state index contributed by atoms with van der Waals surface area (Å²) in [6.45, 7) is 5.53. The normalized spacial score (nSPS) is 38.2. The molecule has 1 aliphatic carbocycles. The lowest BCUT2D eigenvalue weighted by Gasteiger charge is -2.30. The van der Waals surface area contributed by atoms with Crippen LogP contribution in [0.25, 0.3) is 0 Å². The molecule has 0 spiro atoms. The maximum atomic E-state index is 4.39. The molecule has 3 fully saturated rings. The number of nitrogens with zero attached hydrogens (tertiary/aromatic N) is 1. The lowest BCUT2D eigenvalue weighted by molar-refractivity contribution is 0.184. The highest BCUT2D eigenvalue weighted by Gasteiger charge is 2.49. The third-order valence-corrected chi connectivity index (χ3v) is 5.63. The first-order valence-electron chi connectivity index (χ1n) is 7.83. The lowest BCUT2D eigenvalue weighted by atomic mass is 9.81. The van der Waals surface area contributed by atoms with Gasteiger partial charge in [-0.05, 0) is 30.7 Å². The fourth-order valence-corrected chi connectivity index (χ4v) is 4.88. The maximum absolute atomic E-state index is 4.39. The molecule has 0 aromatic heterocycles. The van der Waals surface area contributed by atoms with Crippen LogP contribution in [0.4, 0.5) is 0 Å². The molecule has 1 saturated carbocycles. The monoisotopic (exact) mass is 253 g/mol. The number of hydrogen-bond donors (Lipinski definition) is 0. The van der Waals surface area contributed by atoms with Gasteiger partial charge in [0.2, 0.25) is 0 Å². The highest BCUT2D eigenvalue weighted by atomic mass is 15.2. The molecule has 4 rings (SSSR count). The standard InChI is InChI=1S/C18H23N/c1-13-12-19-16-10-6-5-9-15(16)11-17(19)18(13)14-7-3-2-4-8-14/h2-4,7-8,15-18H,1,5-6,9-12H2/t15-,16-,17+,18+/m0/s1. The van der Waals surface area contributed by atoms with Crippen LogP contribution in [0.2, 0.25) is 0 Å². The van der Waals surface area contributed by atoms with Crippen molar-refractivity contribution in [2.45, 2.75) is 50.1 Å². The van der Waals surface area contributed by atoms with Crippen LogP contribution in [0.3, 0.4) is 0 Å². The summed E-state index contributed by atoms with van der Waals surface area (Å²) in [4.78, 5) is 2.80. The van der Waals surface area contributed by atoms with Crippen LogP contribution >= 0.6 is 0 Å². The van der Waals surface area contributed by atoms with Crippen molar-refractivity contribution in [3.63, 3.8) is 0 Å². The van der Waals surface area contributed by atoms with E-state index in [9.17, 15) is 0 Å². The molecule has 1 heteroatoms. The van der Waals surface area contributed by atoms with Crippen molar-refractivity contribution in [3.8, 4) is 0 Å². The van der Waals surface area contributed by atoms with Gasteiger partial charge in [-0.3, -0.25) is 4.90 Å². The Hall–Kier alpha value is -1.08. The molecule has 0 amide bonds. The summed E-state index contributed by atoms with van der Waals surface area (Å²) in [5, 5.41) is 0. The summed E-state index contributed by atoms with van der Waals surface area (Å²) in [6, 6.07) is 12.7. The molecule has 2 aliphatic heterocycles. The van der Waals surface area contributed by atoms with Gasteiger partial charge >= 0.3 is 0 Å². The summed E-state index contributed by atoms with van der Waals surface area (Å²) >= 11 is 0. The molecule has 4 atom stereocenters. The van der Waals surface area contributed by atoms with Gasteiger partial charge in [-0.15, -0.1) is 0 Å². The quantitative estimate of drug-likeness (QED) is 0.684. The van der Waals surface area contributed by atoms with Crippen molar-refractivity contribution in [2.24, 2.45) is 5.92 Å². The van der Waals surface area contributed by atoms with Gasteiger partial charge in [0.05, 0.1) is 0 Å². The van der Waals surface area contributed by atoms with Gasteiger partial charge in [-0.25, -0.2) is 0 Å². The van der Waals surface area contributed by atoms with Crippen LogP contribution in [-0.4, -0.2) is 23.5 Å². The summed E-state index contributed by atoms with van der Waals surface area (Å²) < 4.78 is 0. The summed E-state index contributed by atoms with van der Waals surface area (Å²) in [5.74, 6) is 1.56. The fraction of sp³-hybridized carbons (Fsp3) is 0.556. The molecule has 100 valence electrons. The van der Waals surface area contributed by atoms with Gasteiger partial charge in [0.15, 0.2) is 0 Å². The van der Waals surface area contributed by atoms with Crippen LogP contribution < -0.4 is 0 Å². The molecule has 0 bridgehead atoms. The van der Waals surface area contributed by atoms with Crippen molar-refractivity contribution in [2.75, 3.05) is 6.54 Å². The number of fused-ring (bicyclic) bond motifs is 3. The van der Waals surface area contributed by atoms with Gasteiger partial charge < -0.3 is 0 Å². The molecule has 2 heterocycles. The molecule has 19 heavy (non-hydrogen) atoms. The molecule has 0 unspecified atom stereocenters. The number of benzene rings is 1. The van der Waals surface area contributed by atoms with Gasteiger partial charge in [0, 0.05) is 24.5 Å². The van der Waals surface area contributed by atoms with Crippen LogP contribution in [0, 0.1) is 5.92 Å². The van der Waals surface area contributed by atoms with E-state index >= 15 is 0 Å². The minimum Gasteiger partial charge on any atom is -0.292 e. The van der Waals surface area contributed by atoms with Crippen molar-refractivity contribution >= 4 is 0 Å². The Morgan fingerprint density at radius 2 is 1.79 bits per heavy atom. The smallest absolute Gasteiger partial charge is 0.0214 e. The second-order valence-corrected chi connectivity index (χ2v) is 6.63. The average molecular weight is 253 g/mol. The number of rotatable bonds is 1. The Bertz CT molecular complexity index is 478. The third-order valence-electron chi connectivity index (χ3n) is 5.63. The van der Waals surface area contributed by atoms with E-state index in [0.717, 1.165) is 24.5 Å². The first-order chi connectivity index (χ1) is 9.34. The van der Waals surface area contributed by atoms with Gasteiger partial charge in [-0.1, -0.05) is 55.3 Å². The van der Waals surface area contributed by atoms with E-state index in [1.54, 1.807) is 0 Å². The van der Waals surface area contributed by atoms with E-state index in [4.69, 9.17) is 0 Å². The zero-order valence-electron chi connectivity index (χ0n) is 11.6. The predicted molar refractivity (Wildman–Crippen MR) is 79.2 cm³/mol. The van der Waals surface area contributed by atoms with E-state index in [1.807, 2.05) is 0 Å². The number of hydrogen-bond acceptors (Lipinski definition) is 1. The Morgan fingerprint density at radius 3 is 2.63 bits per heavy atom. The summed E-state index contributed by atoms with van der Waals surface area (Å²) in [7, 11) is 0. The highest BCUT2D eigenvalue weighted by Crippen LogP contribution is 2.50. The van der Waals surface area contributed by atoms with Gasteiger partial charge in [0.1, 0.15) is 0 Å². The van der Waals surface area contributed by atoms with Gasteiger partial charge in [-0.2, -0.15) is 0 Å². The van der Waals surface area contributed by atoms with Crippen LogP contribution in [0.1, 0.15) is 43.6 Å². The first-order valence-corrected chi connectivity index (χ1v) is 7.83. The predicted octanol–water partition coefficient (Wildman–Crippen LogP) is 3.97. The lowest BCUT2D eigenvalue weighted by Crippen LogP contribution is -2.35. The average Bonchev–Trinajstić information content (AvgIpc) is 2.94. The molecular weight excluding hydrogens is 230 g/mol. The van der Waals surface area contributed by atoms with Crippen molar-refractivity contribution in [1.29, 1.82) is 0 Å². The first kappa shape index (κ1) is 11.7. The molecule has 0 N–H and O–H groups in total. The molecular formula is C18H23N. The topological polar surface area (TPSA) is 3.24 Å². The van der Waals surface area contributed by atoms with Crippen molar-refractivity contribution < 1.29 is 0 Å². The fourth-order valence-electron chi connectivity index (χ4n) is 4.88. The van der Waals surface area contributed by atoms with E-state index < -0.39 is 0 Å². The molecule has 1 nitrogen and oxygen atoms in total. The maximum Gasteiger partial charge on any atom is 0.0214 e. The Labute approximate surface area is 116 Å². The van der Waals surface area contributed by atoms with E-state index in [-0.39, 0.29) is 0 Å². The summed E-state index contributed by atoms with van der Waals surface area (Å²) in [5.41, 5.74) is 2.93. The second kappa shape index (κ2) is 4.49. The van der Waals surface area contributed by atoms with Crippen LogP contribution in [0.5, 0.6) is 0 Å². The molecule has 0 radical (unpaired) electrons. The highest BCUT2D eigenvalue weighted by molar-refractivity contribution is 5.35. The third kappa shape index (κ3) is 1.79. The molecule has 1 aromatic carbocycles. The Balaban J connectivity index is 1.65. The van der Waals surface area contributed by atoms with Crippen molar-refractivity contribution in [3.05, 3.63) is 48.0 Å². The summed E-state index contributed by atoms with van der Waals surface area (Å²) in [6.07, 6.45) is 7.19. The van der Waals surface area contributed by atoms with E-state index in [2.05, 4.69) is 41.8 Å².